The van der Waals surface area contributed by atoms with Crippen LogP contribution in [-0.4, -0.2) is 60.8 Å². The molecule has 0 amide bonds. The number of piperidine rings is 1. The highest BCUT2D eigenvalue weighted by Crippen LogP contribution is 2.35. The van der Waals surface area contributed by atoms with Gasteiger partial charge in [-0.25, -0.2) is 15.0 Å². The Morgan fingerprint density at radius 3 is 2.71 bits per heavy atom. The van der Waals surface area contributed by atoms with Crippen molar-refractivity contribution < 1.29 is 14.3 Å². The van der Waals surface area contributed by atoms with Crippen LogP contribution in [0.3, 0.4) is 0 Å². The van der Waals surface area contributed by atoms with Crippen LogP contribution in [0.1, 0.15) is 12.8 Å². The third kappa shape index (κ3) is 5.38. The van der Waals surface area contributed by atoms with Gasteiger partial charge in [-0.2, -0.15) is 0 Å². The number of nitrogens with one attached hydrogen (secondary N) is 2. The average molecular weight is 517 g/mol. The number of fused-ring (bicyclic) bond motifs is 1. The molecule has 35 heavy (non-hydrogen) atoms. The van der Waals surface area contributed by atoms with Crippen LogP contribution in [0.25, 0.3) is 10.9 Å². The number of anilines is 2. The summed E-state index contributed by atoms with van der Waals surface area (Å²) in [6, 6.07) is 8.96. The topological polar surface area (TPSA) is 93.1 Å². The summed E-state index contributed by atoms with van der Waals surface area (Å²) in [5.74, 6) is 2.84. The maximum atomic E-state index is 6.15. The fourth-order valence-electron chi connectivity index (χ4n) is 4.17. The van der Waals surface area contributed by atoms with Gasteiger partial charge in [0, 0.05) is 23.1 Å². The summed E-state index contributed by atoms with van der Waals surface area (Å²) < 4.78 is 11.7. The van der Waals surface area contributed by atoms with Gasteiger partial charge in [-0.05, 0) is 57.2 Å². The normalized spacial score (nSPS) is 18.9. The van der Waals surface area contributed by atoms with E-state index in [2.05, 4.69) is 37.7 Å². The molecule has 0 bridgehead atoms. The van der Waals surface area contributed by atoms with Crippen LogP contribution in [0.2, 0.25) is 10.0 Å². The zero-order chi connectivity index (χ0) is 24.4. The van der Waals surface area contributed by atoms with Crippen molar-refractivity contribution in [1.29, 1.82) is 0 Å². The molecule has 2 N–H and O–H groups in total. The van der Waals surface area contributed by atoms with Crippen LogP contribution in [0.15, 0.2) is 41.7 Å². The Labute approximate surface area is 213 Å². The van der Waals surface area contributed by atoms with Crippen LogP contribution in [0, 0.1) is 5.92 Å². The fraction of sp³-hybridized carbons (Fsp3) is 0.375. The minimum absolute atomic E-state index is 0.289. The molecule has 2 aliphatic rings. The molecule has 0 aliphatic carbocycles. The van der Waals surface area contributed by atoms with Crippen LogP contribution in [-0.2, 0) is 4.84 Å². The zero-order valence-electron chi connectivity index (χ0n) is 19.4. The molecule has 2 aromatic carbocycles. The Morgan fingerprint density at radius 1 is 1.11 bits per heavy atom. The number of likely N-dealkylation sites (tertiary alicyclic amines) is 1. The highest BCUT2D eigenvalue weighted by atomic mass is 35.5. The molecule has 1 aromatic heterocycles. The highest BCUT2D eigenvalue weighted by Gasteiger charge is 2.29. The second-order valence-electron chi connectivity index (χ2n) is 8.59. The predicted octanol–water partition coefficient (Wildman–Crippen LogP) is 4.67. The summed E-state index contributed by atoms with van der Waals surface area (Å²) in [5, 5.41) is 4.97. The van der Waals surface area contributed by atoms with E-state index in [1.165, 1.54) is 6.33 Å². The van der Waals surface area contributed by atoms with Gasteiger partial charge in [-0.15, -0.1) is 5.48 Å². The second kappa shape index (κ2) is 10.4. The molecule has 2 aliphatic heterocycles. The lowest BCUT2D eigenvalue weighted by atomic mass is 9.97. The molecule has 0 spiro atoms. The van der Waals surface area contributed by atoms with Crippen LogP contribution in [0.4, 0.5) is 11.5 Å². The number of benzene rings is 2. The second-order valence-corrected chi connectivity index (χ2v) is 9.40. The van der Waals surface area contributed by atoms with E-state index < -0.39 is 0 Å². The third-order valence-corrected chi connectivity index (χ3v) is 6.89. The molecule has 1 fully saturated rings. The van der Waals surface area contributed by atoms with Crippen molar-refractivity contribution in [2.24, 2.45) is 10.9 Å². The first kappa shape index (κ1) is 23.9. The number of hydrogen-bond acceptors (Lipinski definition) is 9. The number of rotatable bonds is 7. The third-order valence-electron chi connectivity index (χ3n) is 6.15. The molecule has 184 valence electrons. The molecule has 1 atom stereocenters. The number of hydrogen-bond donors (Lipinski definition) is 2. The van der Waals surface area contributed by atoms with Crippen molar-refractivity contribution in [3.8, 4) is 11.5 Å². The molecule has 1 unspecified atom stereocenters. The van der Waals surface area contributed by atoms with Crippen molar-refractivity contribution in [3.05, 3.63) is 46.7 Å². The number of methoxy groups -OCH3 is 1. The van der Waals surface area contributed by atoms with Gasteiger partial charge in [0.15, 0.2) is 17.7 Å². The van der Waals surface area contributed by atoms with Crippen molar-refractivity contribution in [2.75, 3.05) is 39.2 Å². The zero-order valence-corrected chi connectivity index (χ0v) is 20.9. The molecule has 3 heterocycles. The monoisotopic (exact) mass is 516 g/mol. The van der Waals surface area contributed by atoms with Crippen LogP contribution < -0.4 is 20.3 Å². The Balaban J connectivity index is 1.31. The van der Waals surface area contributed by atoms with Gasteiger partial charge in [-0.3, -0.25) is 0 Å². The minimum atomic E-state index is -0.290. The van der Waals surface area contributed by atoms with E-state index in [-0.39, 0.29) is 12.8 Å². The lowest BCUT2D eigenvalue weighted by molar-refractivity contribution is 0.130. The molecule has 0 radical (unpaired) electrons. The van der Waals surface area contributed by atoms with E-state index >= 15 is 0 Å². The summed E-state index contributed by atoms with van der Waals surface area (Å²) in [4.78, 5) is 21.5. The van der Waals surface area contributed by atoms with E-state index in [9.17, 15) is 0 Å². The van der Waals surface area contributed by atoms with Crippen molar-refractivity contribution >= 4 is 51.5 Å². The molecule has 1 saturated heterocycles. The summed E-state index contributed by atoms with van der Waals surface area (Å²) >= 11 is 12.2. The minimum Gasteiger partial charge on any atom is -0.493 e. The van der Waals surface area contributed by atoms with E-state index in [4.69, 9.17) is 37.5 Å². The first-order valence-electron chi connectivity index (χ1n) is 11.4. The summed E-state index contributed by atoms with van der Waals surface area (Å²) in [7, 11) is 3.73. The predicted molar refractivity (Wildman–Crippen MR) is 137 cm³/mol. The van der Waals surface area contributed by atoms with Crippen molar-refractivity contribution in [2.45, 2.75) is 19.0 Å². The first-order chi connectivity index (χ1) is 17.0. The van der Waals surface area contributed by atoms with E-state index in [1.54, 1.807) is 19.2 Å². The Kier molecular flexibility index (Phi) is 7.10. The summed E-state index contributed by atoms with van der Waals surface area (Å²) in [6.07, 6.45) is 3.29. The van der Waals surface area contributed by atoms with Gasteiger partial charge in [0.2, 0.25) is 5.90 Å². The number of aromatic nitrogens is 2. The van der Waals surface area contributed by atoms with E-state index in [0.717, 1.165) is 42.9 Å². The van der Waals surface area contributed by atoms with Crippen molar-refractivity contribution in [3.63, 3.8) is 0 Å². The summed E-state index contributed by atoms with van der Waals surface area (Å²) in [6.45, 7) is 2.38. The van der Waals surface area contributed by atoms with E-state index in [1.807, 2.05) is 18.2 Å². The Morgan fingerprint density at radius 2 is 1.94 bits per heavy atom. The lowest BCUT2D eigenvalue weighted by Gasteiger charge is -2.27. The number of aliphatic imine (C=N–C) groups is 1. The van der Waals surface area contributed by atoms with Crippen LogP contribution in [0.5, 0.6) is 11.5 Å². The van der Waals surface area contributed by atoms with Crippen LogP contribution >= 0.6 is 23.2 Å². The standard InChI is InChI=1S/C24H26Cl2N6O3/c1-32-7-5-14(6-8-32)24-30-22(31-35-24)12-34-21-11-19-16(10-20(21)33-2)23(28-13-27-19)29-15-3-4-17(25)18(26)9-15/h3-4,9-11,13-14,22,31H,5-8,12H2,1-2H3,(H,27,28,29). The Bertz CT molecular complexity index is 1250. The first-order valence-corrected chi connectivity index (χ1v) is 12.1. The van der Waals surface area contributed by atoms with Gasteiger partial charge in [0.1, 0.15) is 18.8 Å². The average Bonchev–Trinajstić information content (AvgIpc) is 3.34. The number of nitrogens with zero attached hydrogens (tertiary/aromatic N) is 4. The highest BCUT2D eigenvalue weighted by molar-refractivity contribution is 6.42. The maximum absolute atomic E-state index is 6.15. The lowest BCUT2D eigenvalue weighted by Crippen LogP contribution is -2.34. The smallest absolute Gasteiger partial charge is 0.214 e. The molecule has 5 rings (SSSR count). The summed E-state index contributed by atoms with van der Waals surface area (Å²) in [5.41, 5.74) is 4.42. The Hall–Kier alpha value is -2.85. The number of halogens is 2. The van der Waals surface area contributed by atoms with Gasteiger partial charge in [0.25, 0.3) is 0 Å². The molecule has 0 saturated carbocycles. The van der Waals surface area contributed by atoms with E-state index in [0.29, 0.717) is 38.8 Å². The molecule has 3 aromatic rings. The maximum Gasteiger partial charge on any atom is 0.214 e. The van der Waals surface area contributed by atoms with Gasteiger partial charge in [-0.1, -0.05) is 23.2 Å². The number of ether oxygens (including phenoxy) is 2. The molecule has 11 heteroatoms. The van der Waals surface area contributed by atoms with Gasteiger partial charge in [0.05, 0.1) is 22.7 Å². The van der Waals surface area contributed by atoms with Gasteiger partial charge >= 0.3 is 0 Å². The largest absolute Gasteiger partial charge is 0.493 e. The van der Waals surface area contributed by atoms with Gasteiger partial charge < -0.3 is 24.5 Å². The molecule has 9 nitrogen and oxygen atoms in total. The fourth-order valence-corrected chi connectivity index (χ4v) is 4.46. The molecular formula is C24H26Cl2N6O3. The number of hydroxylamine groups is 1. The SMILES string of the molecule is COc1cc2c(Nc3ccc(Cl)c(Cl)c3)ncnc2cc1OCC1N=C(C2CCN(C)CC2)ON1. The molecular weight excluding hydrogens is 491 g/mol. The quantitative estimate of drug-likeness (QED) is 0.467. The van der Waals surface area contributed by atoms with Crippen molar-refractivity contribution in [1.82, 2.24) is 20.3 Å².